The van der Waals surface area contributed by atoms with E-state index in [9.17, 15) is 5.11 Å². The van der Waals surface area contributed by atoms with Gasteiger partial charge >= 0.3 is 0 Å². The fourth-order valence-electron chi connectivity index (χ4n) is 1.84. The van der Waals surface area contributed by atoms with E-state index in [2.05, 4.69) is 15.4 Å². The van der Waals surface area contributed by atoms with Crippen LogP contribution in [0.5, 0.6) is 11.5 Å². The average Bonchev–Trinajstić information content (AvgIpc) is 2.90. The van der Waals surface area contributed by atoms with Gasteiger partial charge in [-0.05, 0) is 41.1 Å². The molecule has 2 aromatic carbocycles. The van der Waals surface area contributed by atoms with Crippen LogP contribution in [0.3, 0.4) is 0 Å². The van der Waals surface area contributed by atoms with Crippen LogP contribution >= 0.6 is 0 Å². The molecule has 0 aliphatic heterocycles. The van der Waals surface area contributed by atoms with Crippen molar-refractivity contribution in [1.29, 1.82) is 0 Å². The molecular formula is C14H12N4O2. The van der Waals surface area contributed by atoms with Gasteiger partial charge in [-0.15, -0.1) is 9.89 Å². The summed E-state index contributed by atoms with van der Waals surface area (Å²) in [5.41, 5.74) is 2.40. The zero-order valence-electron chi connectivity index (χ0n) is 10.8. The third-order valence-corrected chi connectivity index (χ3v) is 2.85. The predicted octanol–water partition coefficient (Wildman–Crippen LogP) is 2.03. The molecule has 0 aliphatic carbocycles. The van der Waals surface area contributed by atoms with Gasteiger partial charge in [0.1, 0.15) is 11.0 Å². The van der Waals surface area contributed by atoms with Crippen molar-refractivity contribution >= 4 is 17.2 Å². The van der Waals surface area contributed by atoms with Crippen molar-refractivity contribution in [3.8, 4) is 11.5 Å². The highest BCUT2D eigenvalue weighted by Crippen LogP contribution is 2.25. The Hall–Kier alpha value is -2.89. The zero-order chi connectivity index (χ0) is 13.9. The standard InChI is InChI=1S/C14H12N4O2/c1-20-14-8-10(6-7-13(14)19)9-15-18-12-5-3-2-4-11(12)16-17-18/h2-9,19H,1H3/b15-9+. The highest BCUT2D eigenvalue weighted by molar-refractivity contribution is 5.81. The molecule has 0 spiro atoms. The number of hydrogen-bond donors (Lipinski definition) is 1. The third kappa shape index (κ3) is 2.18. The highest BCUT2D eigenvalue weighted by atomic mass is 16.5. The van der Waals surface area contributed by atoms with Gasteiger partial charge in [-0.3, -0.25) is 0 Å². The molecule has 0 saturated carbocycles. The molecule has 0 atom stereocenters. The summed E-state index contributed by atoms with van der Waals surface area (Å²) in [5, 5.41) is 21.8. The van der Waals surface area contributed by atoms with Gasteiger partial charge < -0.3 is 9.84 Å². The molecule has 0 saturated heterocycles. The number of phenolic OH excluding ortho intramolecular Hbond substituents is 1. The van der Waals surface area contributed by atoms with Gasteiger partial charge in [0.2, 0.25) is 0 Å². The van der Waals surface area contributed by atoms with Crippen molar-refractivity contribution in [2.75, 3.05) is 7.11 Å². The van der Waals surface area contributed by atoms with Crippen LogP contribution in [0.15, 0.2) is 47.6 Å². The van der Waals surface area contributed by atoms with Crippen LogP contribution in [0.25, 0.3) is 11.0 Å². The van der Waals surface area contributed by atoms with Crippen LogP contribution in [-0.2, 0) is 0 Å². The number of phenols is 1. The van der Waals surface area contributed by atoms with Crippen LogP contribution < -0.4 is 4.74 Å². The van der Waals surface area contributed by atoms with Gasteiger partial charge in [0, 0.05) is 0 Å². The summed E-state index contributed by atoms with van der Waals surface area (Å²) >= 11 is 0. The van der Waals surface area contributed by atoms with Gasteiger partial charge in [0.25, 0.3) is 0 Å². The van der Waals surface area contributed by atoms with E-state index in [0.717, 1.165) is 16.6 Å². The number of benzene rings is 2. The molecule has 0 bridgehead atoms. The first-order valence-corrected chi connectivity index (χ1v) is 6.00. The number of fused-ring (bicyclic) bond motifs is 1. The maximum absolute atomic E-state index is 9.53. The average molecular weight is 268 g/mol. The zero-order valence-corrected chi connectivity index (χ0v) is 10.8. The number of ether oxygens (including phenoxy) is 1. The maximum Gasteiger partial charge on any atom is 0.161 e. The van der Waals surface area contributed by atoms with E-state index in [1.807, 2.05) is 24.3 Å². The van der Waals surface area contributed by atoms with Crippen molar-refractivity contribution in [1.82, 2.24) is 15.1 Å². The fourth-order valence-corrected chi connectivity index (χ4v) is 1.84. The summed E-state index contributed by atoms with van der Waals surface area (Å²) in [6.07, 6.45) is 1.63. The van der Waals surface area contributed by atoms with Crippen molar-refractivity contribution in [2.24, 2.45) is 5.10 Å². The molecule has 0 fully saturated rings. The lowest BCUT2D eigenvalue weighted by Crippen LogP contribution is -1.93. The maximum atomic E-state index is 9.53. The number of aromatic nitrogens is 3. The monoisotopic (exact) mass is 268 g/mol. The first-order valence-electron chi connectivity index (χ1n) is 6.00. The largest absolute Gasteiger partial charge is 0.504 e. The first-order chi connectivity index (χ1) is 9.78. The predicted molar refractivity (Wildman–Crippen MR) is 75.2 cm³/mol. The van der Waals surface area contributed by atoms with E-state index >= 15 is 0 Å². The molecular weight excluding hydrogens is 256 g/mol. The SMILES string of the molecule is COc1cc(/C=N/n2nnc3ccccc32)ccc1O. The van der Waals surface area contributed by atoms with Gasteiger partial charge in [0.05, 0.1) is 13.3 Å². The number of rotatable bonds is 3. The Morgan fingerprint density at radius 1 is 1.25 bits per heavy atom. The summed E-state index contributed by atoms with van der Waals surface area (Å²) < 4.78 is 5.05. The molecule has 20 heavy (non-hydrogen) atoms. The second kappa shape index (κ2) is 5.00. The molecule has 6 heteroatoms. The number of nitrogens with zero attached hydrogens (tertiary/aromatic N) is 4. The second-order valence-corrected chi connectivity index (χ2v) is 4.14. The minimum atomic E-state index is 0.0934. The Balaban J connectivity index is 1.94. The van der Waals surface area contributed by atoms with Crippen molar-refractivity contribution in [3.05, 3.63) is 48.0 Å². The lowest BCUT2D eigenvalue weighted by Gasteiger charge is -2.03. The molecule has 0 aliphatic rings. The molecule has 0 amide bonds. The normalized spacial score (nSPS) is 11.2. The van der Waals surface area contributed by atoms with E-state index in [4.69, 9.17) is 4.74 Å². The minimum Gasteiger partial charge on any atom is -0.504 e. The van der Waals surface area contributed by atoms with E-state index < -0.39 is 0 Å². The topological polar surface area (TPSA) is 72.5 Å². The summed E-state index contributed by atoms with van der Waals surface area (Å²) in [5.74, 6) is 0.494. The first kappa shape index (κ1) is 12.2. The molecule has 6 nitrogen and oxygen atoms in total. The smallest absolute Gasteiger partial charge is 0.161 e. The molecule has 1 N–H and O–H groups in total. The fraction of sp³-hybridized carbons (Fsp3) is 0.0714. The Morgan fingerprint density at radius 3 is 2.95 bits per heavy atom. The number of para-hydroxylation sites is 1. The molecule has 1 aromatic heterocycles. The molecule has 0 unspecified atom stereocenters. The summed E-state index contributed by atoms with van der Waals surface area (Å²) in [6, 6.07) is 12.6. The molecule has 3 rings (SSSR count). The van der Waals surface area contributed by atoms with Crippen LogP contribution in [0, 0.1) is 0 Å². The van der Waals surface area contributed by atoms with E-state index in [-0.39, 0.29) is 5.75 Å². The van der Waals surface area contributed by atoms with Crippen LogP contribution in [0.1, 0.15) is 5.56 Å². The van der Waals surface area contributed by atoms with Crippen molar-refractivity contribution in [2.45, 2.75) is 0 Å². The number of methoxy groups -OCH3 is 1. The van der Waals surface area contributed by atoms with Gasteiger partial charge in [0.15, 0.2) is 11.5 Å². The van der Waals surface area contributed by atoms with E-state index in [1.165, 1.54) is 11.9 Å². The molecule has 1 heterocycles. The summed E-state index contributed by atoms with van der Waals surface area (Å²) in [4.78, 5) is 1.45. The van der Waals surface area contributed by atoms with Crippen LogP contribution in [-0.4, -0.2) is 33.5 Å². The van der Waals surface area contributed by atoms with E-state index in [0.29, 0.717) is 5.75 Å². The Kier molecular flexibility index (Phi) is 3.04. The minimum absolute atomic E-state index is 0.0934. The summed E-state index contributed by atoms with van der Waals surface area (Å²) in [6.45, 7) is 0. The van der Waals surface area contributed by atoms with Gasteiger partial charge in [-0.25, -0.2) is 0 Å². The molecule has 100 valence electrons. The van der Waals surface area contributed by atoms with Gasteiger partial charge in [-0.1, -0.05) is 12.1 Å². The quantitative estimate of drug-likeness (QED) is 0.738. The Labute approximate surface area is 114 Å². The molecule has 3 aromatic rings. The summed E-state index contributed by atoms with van der Waals surface area (Å²) in [7, 11) is 1.50. The lowest BCUT2D eigenvalue weighted by molar-refractivity contribution is 0.373. The number of hydrogen-bond acceptors (Lipinski definition) is 5. The Bertz CT molecular complexity index is 780. The molecule has 0 radical (unpaired) electrons. The second-order valence-electron chi connectivity index (χ2n) is 4.14. The third-order valence-electron chi connectivity index (χ3n) is 2.85. The lowest BCUT2D eigenvalue weighted by atomic mass is 10.2. The van der Waals surface area contributed by atoms with Crippen molar-refractivity contribution < 1.29 is 9.84 Å². The Morgan fingerprint density at radius 2 is 2.10 bits per heavy atom. The van der Waals surface area contributed by atoms with Crippen LogP contribution in [0.4, 0.5) is 0 Å². The highest BCUT2D eigenvalue weighted by Gasteiger charge is 2.03. The van der Waals surface area contributed by atoms with Gasteiger partial charge in [-0.2, -0.15) is 5.10 Å². The number of aromatic hydroxyl groups is 1. The van der Waals surface area contributed by atoms with Crippen molar-refractivity contribution in [3.63, 3.8) is 0 Å². The van der Waals surface area contributed by atoms with Crippen LogP contribution in [0.2, 0.25) is 0 Å². The van der Waals surface area contributed by atoms with E-state index in [1.54, 1.807) is 24.4 Å².